The maximum atomic E-state index is 12.3. The highest BCUT2D eigenvalue weighted by molar-refractivity contribution is 6.32. The normalized spacial score (nSPS) is 13.2. The van der Waals surface area contributed by atoms with Crippen molar-refractivity contribution in [2.24, 2.45) is 0 Å². The van der Waals surface area contributed by atoms with Gasteiger partial charge in [0.05, 0.1) is 5.02 Å². The molecule has 1 aliphatic heterocycles. The van der Waals surface area contributed by atoms with Gasteiger partial charge in [0.15, 0.2) is 11.5 Å². The average Bonchev–Trinajstić information content (AvgIpc) is 2.43. The predicted octanol–water partition coefficient (Wildman–Crippen LogP) is 2.98. The van der Waals surface area contributed by atoms with Crippen LogP contribution in [0, 0.1) is 0 Å². The molecule has 0 saturated heterocycles. The molecule has 1 aromatic carbocycles. The standard InChI is InChI=1S/C14H18ClNO3/c1-3-4-5-16(2)14(17)10-8-11(15)13-12(9-10)18-6-7-19-13/h8-9H,3-7H2,1-2H3. The number of hydrogen-bond donors (Lipinski definition) is 0. The Kier molecular flexibility index (Phi) is 4.53. The summed E-state index contributed by atoms with van der Waals surface area (Å²) < 4.78 is 10.9. The fourth-order valence-electron chi connectivity index (χ4n) is 1.95. The van der Waals surface area contributed by atoms with Crippen LogP contribution in [0.1, 0.15) is 30.1 Å². The van der Waals surface area contributed by atoms with E-state index < -0.39 is 0 Å². The minimum atomic E-state index is -0.0488. The molecule has 1 amide bonds. The Hall–Kier alpha value is -1.42. The number of carbonyl (C=O) groups is 1. The second kappa shape index (κ2) is 6.15. The SMILES string of the molecule is CCCCN(C)C(=O)c1cc(Cl)c2c(c1)OCCO2. The number of rotatable bonds is 4. The van der Waals surface area contributed by atoms with Gasteiger partial charge in [-0.1, -0.05) is 24.9 Å². The summed E-state index contributed by atoms with van der Waals surface area (Å²) in [5.41, 5.74) is 0.535. The van der Waals surface area contributed by atoms with Crippen LogP contribution in [0.25, 0.3) is 0 Å². The number of hydrogen-bond acceptors (Lipinski definition) is 3. The molecule has 1 heterocycles. The zero-order chi connectivity index (χ0) is 13.8. The van der Waals surface area contributed by atoms with Crippen molar-refractivity contribution in [2.45, 2.75) is 19.8 Å². The maximum absolute atomic E-state index is 12.3. The van der Waals surface area contributed by atoms with Gasteiger partial charge in [0.1, 0.15) is 13.2 Å². The molecule has 19 heavy (non-hydrogen) atoms. The molecule has 0 bridgehead atoms. The second-order valence-corrected chi connectivity index (χ2v) is 4.97. The number of carbonyl (C=O) groups excluding carboxylic acids is 1. The van der Waals surface area contributed by atoms with Crippen LogP contribution in [-0.4, -0.2) is 37.6 Å². The van der Waals surface area contributed by atoms with E-state index in [4.69, 9.17) is 21.1 Å². The lowest BCUT2D eigenvalue weighted by atomic mass is 10.1. The van der Waals surface area contributed by atoms with E-state index in [1.807, 2.05) is 0 Å². The highest BCUT2D eigenvalue weighted by atomic mass is 35.5. The van der Waals surface area contributed by atoms with Gasteiger partial charge in [-0.15, -0.1) is 0 Å². The van der Waals surface area contributed by atoms with Crippen molar-refractivity contribution in [3.05, 3.63) is 22.7 Å². The van der Waals surface area contributed by atoms with Gasteiger partial charge in [-0.05, 0) is 18.6 Å². The van der Waals surface area contributed by atoms with Crippen molar-refractivity contribution in [1.29, 1.82) is 0 Å². The van der Waals surface area contributed by atoms with E-state index in [-0.39, 0.29) is 5.91 Å². The van der Waals surface area contributed by atoms with Gasteiger partial charge in [0.25, 0.3) is 5.91 Å². The van der Waals surface area contributed by atoms with Crippen LogP contribution in [0.4, 0.5) is 0 Å². The van der Waals surface area contributed by atoms with Crippen LogP contribution in [0.5, 0.6) is 11.5 Å². The third-order valence-corrected chi connectivity index (χ3v) is 3.32. The minimum absolute atomic E-state index is 0.0488. The van der Waals surface area contributed by atoms with Crippen LogP contribution < -0.4 is 9.47 Å². The summed E-state index contributed by atoms with van der Waals surface area (Å²) in [4.78, 5) is 14.0. The van der Waals surface area contributed by atoms with E-state index in [1.165, 1.54) is 0 Å². The highest BCUT2D eigenvalue weighted by Gasteiger charge is 2.20. The fourth-order valence-corrected chi connectivity index (χ4v) is 2.22. The van der Waals surface area contributed by atoms with Crippen LogP contribution >= 0.6 is 11.6 Å². The van der Waals surface area contributed by atoms with Gasteiger partial charge in [-0.25, -0.2) is 0 Å². The molecule has 2 rings (SSSR count). The van der Waals surface area contributed by atoms with E-state index in [1.54, 1.807) is 24.1 Å². The molecule has 0 aliphatic carbocycles. The number of nitrogens with zero attached hydrogens (tertiary/aromatic N) is 1. The van der Waals surface area contributed by atoms with Gasteiger partial charge in [-0.3, -0.25) is 4.79 Å². The molecule has 5 heteroatoms. The highest BCUT2D eigenvalue weighted by Crippen LogP contribution is 2.38. The maximum Gasteiger partial charge on any atom is 0.253 e. The van der Waals surface area contributed by atoms with Crippen molar-refractivity contribution in [1.82, 2.24) is 4.90 Å². The van der Waals surface area contributed by atoms with E-state index in [0.717, 1.165) is 19.4 Å². The monoisotopic (exact) mass is 283 g/mol. The summed E-state index contributed by atoms with van der Waals surface area (Å²) in [6.45, 7) is 3.80. The minimum Gasteiger partial charge on any atom is -0.486 e. The molecule has 0 unspecified atom stereocenters. The number of fused-ring (bicyclic) bond motifs is 1. The van der Waals surface area contributed by atoms with Crippen LogP contribution in [0.3, 0.4) is 0 Å². The number of benzene rings is 1. The first-order valence-corrected chi connectivity index (χ1v) is 6.86. The first-order valence-electron chi connectivity index (χ1n) is 6.48. The van der Waals surface area contributed by atoms with Crippen LogP contribution in [0.15, 0.2) is 12.1 Å². The molecule has 0 spiro atoms. The van der Waals surface area contributed by atoms with Gasteiger partial charge in [0, 0.05) is 19.2 Å². The van der Waals surface area contributed by atoms with Crippen molar-refractivity contribution >= 4 is 17.5 Å². The van der Waals surface area contributed by atoms with E-state index in [2.05, 4.69) is 6.92 Å². The van der Waals surface area contributed by atoms with Crippen molar-refractivity contribution < 1.29 is 14.3 Å². The number of amides is 1. The Morgan fingerprint density at radius 2 is 2.11 bits per heavy atom. The molecule has 0 atom stereocenters. The average molecular weight is 284 g/mol. The van der Waals surface area contributed by atoms with E-state index in [0.29, 0.717) is 35.3 Å². The Bertz CT molecular complexity index is 476. The Morgan fingerprint density at radius 3 is 2.84 bits per heavy atom. The number of halogens is 1. The molecule has 0 saturated carbocycles. The predicted molar refractivity (Wildman–Crippen MR) is 74.3 cm³/mol. The zero-order valence-electron chi connectivity index (χ0n) is 11.2. The lowest BCUT2D eigenvalue weighted by molar-refractivity contribution is 0.0792. The Labute approximate surface area is 118 Å². The van der Waals surface area contributed by atoms with Crippen molar-refractivity contribution in [3.8, 4) is 11.5 Å². The van der Waals surface area contributed by atoms with Crippen molar-refractivity contribution in [3.63, 3.8) is 0 Å². The molecule has 0 radical (unpaired) electrons. The van der Waals surface area contributed by atoms with Gasteiger partial charge in [0.2, 0.25) is 0 Å². The molecule has 0 N–H and O–H groups in total. The number of unbranched alkanes of at least 4 members (excludes halogenated alkanes) is 1. The Balaban J connectivity index is 2.20. The summed E-state index contributed by atoms with van der Waals surface area (Å²) in [6.07, 6.45) is 2.04. The lowest BCUT2D eigenvalue weighted by Gasteiger charge is -2.22. The molecule has 104 valence electrons. The molecule has 4 nitrogen and oxygen atoms in total. The summed E-state index contributed by atoms with van der Waals surface area (Å²) >= 11 is 6.12. The van der Waals surface area contributed by atoms with E-state index in [9.17, 15) is 4.79 Å². The molecule has 0 aromatic heterocycles. The smallest absolute Gasteiger partial charge is 0.253 e. The topological polar surface area (TPSA) is 38.8 Å². The zero-order valence-corrected chi connectivity index (χ0v) is 12.0. The summed E-state index contributed by atoms with van der Waals surface area (Å²) in [5, 5.41) is 0.421. The largest absolute Gasteiger partial charge is 0.486 e. The molecular weight excluding hydrogens is 266 g/mol. The summed E-state index contributed by atoms with van der Waals surface area (Å²) in [6, 6.07) is 3.34. The number of ether oxygens (including phenoxy) is 2. The second-order valence-electron chi connectivity index (χ2n) is 4.56. The van der Waals surface area contributed by atoms with Crippen LogP contribution in [0.2, 0.25) is 5.02 Å². The van der Waals surface area contributed by atoms with E-state index >= 15 is 0 Å². The van der Waals surface area contributed by atoms with Crippen LogP contribution in [-0.2, 0) is 0 Å². The van der Waals surface area contributed by atoms with Gasteiger partial charge in [-0.2, -0.15) is 0 Å². The summed E-state index contributed by atoms with van der Waals surface area (Å²) in [5.74, 6) is 1.03. The third kappa shape index (κ3) is 3.13. The molecule has 0 fully saturated rings. The molecule has 1 aromatic rings. The Morgan fingerprint density at radius 1 is 1.37 bits per heavy atom. The lowest BCUT2D eigenvalue weighted by Crippen LogP contribution is -2.28. The first-order chi connectivity index (χ1) is 9.13. The summed E-state index contributed by atoms with van der Waals surface area (Å²) in [7, 11) is 1.79. The quantitative estimate of drug-likeness (QED) is 0.853. The van der Waals surface area contributed by atoms with Gasteiger partial charge < -0.3 is 14.4 Å². The third-order valence-electron chi connectivity index (χ3n) is 3.04. The molecule has 1 aliphatic rings. The van der Waals surface area contributed by atoms with Crippen molar-refractivity contribution in [2.75, 3.05) is 26.8 Å². The van der Waals surface area contributed by atoms with Gasteiger partial charge >= 0.3 is 0 Å². The fraction of sp³-hybridized carbons (Fsp3) is 0.500. The first kappa shape index (κ1) is 14.0. The molecular formula is C14H18ClNO3.